The number of nitrogens with one attached hydrogen (secondary N) is 1. The van der Waals surface area contributed by atoms with Gasteiger partial charge in [0.25, 0.3) is 0 Å². The maximum atomic E-state index is 13.3. The van der Waals surface area contributed by atoms with Crippen LogP contribution in [-0.4, -0.2) is 76.9 Å². The summed E-state index contributed by atoms with van der Waals surface area (Å²) in [5.74, 6) is 1.23. The van der Waals surface area contributed by atoms with Crippen LogP contribution in [0.1, 0.15) is 42.4 Å². The van der Waals surface area contributed by atoms with Gasteiger partial charge in [0.1, 0.15) is 17.1 Å². The van der Waals surface area contributed by atoms with Crippen LogP contribution in [0, 0.1) is 0 Å². The molecule has 5 rings (SSSR count). The number of hydrogen-bond donors (Lipinski definition) is 1. The lowest BCUT2D eigenvalue weighted by atomic mass is 10.0. The molecule has 1 aromatic heterocycles. The first kappa shape index (κ1) is 24.1. The van der Waals surface area contributed by atoms with Crippen LogP contribution in [0.4, 0.5) is 4.79 Å². The zero-order chi connectivity index (χ0) is 25.4. The summed E-state index contributed by atoms with van der Waals surface area (Å²) in [7, 11) is 1.62. The van der Waals surface area contributed by atoms with Crippen molar-refractivity contribution in [1.29, 1.82) is 0 Å². The molecule has 1 fully saturated rings. The van der Waals surface area contributed by atoms with Crippen molar-refractivity contribution in [2.24, 2.45) is 0 Å². The van der Waals surface area contributed by atoms with E-state index in [0.29, 0.717) is 56.2 Å². The summed E-state index contributed by atoms with van der Waals surface area (Å²) in [6.45, 7) is 8.67. The minimum absolute atomic E-state index is 0.0395. The highest BCUT2D eigenvalue weighted by Crippen LogP contribution is 2.40. The van der Waals surface area contributed by atoms with Crippen molar-refractivity contribution in [1.82, 2.24) is 20.0 Å². The minimum atomic E-state index is -0.626. The number of ketones is 1. The molecule has 0 bridgehead atoms. The molecule has 1 amide bonds. The molecule has 0 saturated carbocycles. The van der Waals surface area contributed by atoms with Gasteiger partial charge in [-0.3, -0.25) is 14.8 Å². The van der Waals surface area contributed by atoms with E-state index in [1.807, 2.05) is 51.1 Å². The van der Waals surface area contributed by atoms with Gasteiger partial charge < -0.3 is 19.1 Å². The Hall–Kier alpha value is -3.59. The summed E-state index contributed by atoms with van der Waals surface area (Å²) in [4.78, 5) is 29.7. The van der Waals surface area contributed by atoms with Crippen molar-refractivity contribution in [3.63, 3.8) is 0 Å². The van der Waals surface area contributed by atoms with E-state index in [1.54, 1.807) is 18.1 Å². The Morgan fingerprint density at radius 2 is 1.89 bits per heavy atom. The van der Waals surface area contributed by atoms with Crippen LogP contribution in [0.15, 0.2) is 36.4 Å². The summed E-state index contributed by atoms with van der Waals surface area (Å²) in [5.41, 5.74) is 2.65. The van der Waals surface area contributed by atoms with Gasteiger partial charge in [0.2, 0.25) is 5.78 Å². The third kappa shape index (κ3) is 4.75. The number of H-pyrrole nitrogens is 1. The van der Waals surface area contributed by atoms with Gasteiger partial charge in [-0.05, 0) is 39.0 Å². The van der Waals surface area contributed by atoms with Crippen molar-refractivity contribution in [3.05, 3.63) is 53.2 Å². The molecule has 0 radical (unpaired) electrons. The Kier molecular flexibility index (Phi) is 6.34. The lowest BCUT2D eigenvalue weighted by Gasteiger charge is -2.35. The lowest BCUT2D eigenvalue weighted by Crippen LogP contribution is -2.49. The maximum absolute atomic E-state index is 13.3. The van der Waals surface area contributed by atoms with Crippen molar-refractivity contribution < 1.29 is 23.8 Å². The van der Waals surface area contributed by atoms with Crippen LogP contribution in [-0.2, 0) is 17.7 Å². The molecule has 1 saturated heterocycles. The van der Waals surface area contributed by atoms with E-state index in [2.05, 4.69) is 15.1 Å². The van der Waals surface area contributed by atoms with Gasteiger partial charge in [-0.2, -0.15) is 5.10 Å². The van der Waals surface area contributed by atoms with Gasteiger partial charge in [-0.1, -0.05) is 18.2 Å². The fraction of sp³-hybridized carbons (Fsp3) is 0.444. The van der Waals surface area contributed by atoms with Gasteiger partial charge in [-0.15, -0.1) is 0 Å². The highest BCUT2D eigenvalue weighted by molar-refractivity contribution is 6.05. The van der Waals surface area contributed by atoms with E-state index < -0.39 is 11.7 Å². The molecule has 36 heavy (non-hydrogen) atoms. The summed E-state index contributed by atoms with van der Waals surface area (Å²) >= 11 is 0. The number of amides is 1. The molecule has 1 N–H and O–H groups in total. The number of fused-ring (bicyclic) bond motifs is 2. The standard InChI is InChI=1S/C27H32N4O5/c1-27(2,3)36-26(33)31-13-11-30(12-14-31)16-19-22(34-4)10-9-18-24(32)23(35-25(18)19)15-21-17-7-5-6-8-20(17)28-29-21/h5-10,23H,11-16H2,1-4H3,(H,28,29). The monoisotopic (exact) mass is 492 g/mol. The van der Waals surface area contributed by atoms with Crippen molar-refractivity contribution in [3.8, 4) is 11.5 Å². The predicted molar refractivity (Wildman–Crippen MR) is 135 cm³/mol. The number of aromatic amines is 1. The van der Waals surface area contributed by atoms with Crippen LogP contribution in [0.25, 0.3) is 10.9 Å². The summed E-state index contributed by atoms with van der Waals surface area (Å²) < 4.78 is 17.4. The highest BCUT2D eigenvalue weighted by Gasteiger charge is 2.37. The molecule has 3 aromatic rings. The molecule has 0 aliphatic carbocycles. The lowest BCUT2D eigenvalue weighted by molar-refractivity contribution is 0.0137. The smallest absolute Gasteiger partial charge is 0.410 e. The molecule has 1 unspecified atom stereocenters. The first-order valence-corrected chi connectivity index (χ1v) is 12.3. The number of benzene rings is 2. The van der Waals surface area contributed by atoms with Crippen LogP contribution in [0.3, 0.4) is 0 Å². The maximum Gasteiger partial charge on any atom is 0.410 e. The second-order valence-electron chi connectivity index (χ2n) is 10.3. The fourth-order valence-corrected chi connectivity index (χ4v) is 4.78. The summed E-state index contributed by atoms with van der Waals surface area (Å²) in [5, 5.41) is 8.39. The molecule has 2 aliphatic heterocycles. The average Bonchev–Trinajstić information content (AvgIpc) is 3.40. The number of nitrogens with zero attached hydrogens (tertiary/aromatic N) is 3. The first-order chi connectivity index (χ1) is 17.2. The van der Waals surface area contributed by atoms with E-state index in [4.69, 9.17) is 14.2 Å². The summed E-state index contributed by atoms with van der Waals surface area (Å²) in [6.07, 6.45) is -0.508. The van der Waals surface area contributed by atoms with E-state index in [9.17, 15) is 9.59 Å². The number of Topliss-reactive ketones (excluding diaryl/α,β-unsaturated/α-hetero) is 1. The van der Waals surface area contributed by atoms with Gasteiger partial charge in [-0.25, -0.2) is 4.79 Å². The minimum Gasteiger partial charge on any atom is -0.496 e. The molecule has 0 spiro atoms. The molecule has 3 heterocycles. The number of hydrogen-bond acceptors (Lipinski definition) is 7. The van der Waals surface area contributed by atoms with Crippen LogP contribution < -0.4 is 9.47 Å². The normalized spacial score (nSPS) is 18.3. The van der Waals surface area contributed by atoms with Gasteiger partial charge in [0.15, 0.2) is 6.10 Å². The van der Waals surface area contributed by atoms with E-state index in [1.165, 1.54) is 0 Å². The quantitative estimate of drug-likeness (QED) is 0.578. The molecule has 9 heteroatoms. The predicted octanol–water partition coefficient (Wildman–Crippen LogP) is 3.81. The SMILES string of the molecule is COc1ccc2c(c1CN1CCN(C(=O)OC(C)(C)C)CC1)OC(Cc1[nH]nc3ccccc13)C2=O. The number of ether oxygens (including phenoxy) is 3. The summed E-state index contributed by atoms with van der Waals surface area (Å²) in [6, 6.07) is 11.4. The van der Waals surface area contributed by atoms with Gasteiger partial charge in [0, 0.05) is 50.2 Å². The molecular formula is C27H32N4O5. The molecule has 2 aliphatic rings. The number of carbonyl (C=O) groups excluding carboxylic acids is 2. The number of para-hydroxylation sites is 1. The van der Waals surface area contributed by atoms with Crippen LogP contribution in [0.5, 0.6) is 11.5 Å². The van der Waals surface area contributed by atoms with Gasteiger partial charge >= 0.3 is 6.09 Å². The van der Waals surface area contributed by atoms with Crippen molar-refractivity contribution in [2.75, 3.05) is 33.3 Å². The number of methoxy groups -OCH3 is 1. The zero-order valence-corrected chi connectivity index (χ0v) is 21.2. The Morgan fingerprint density at radius 3 is 2.61 bits per heavy atom. The topological polar surface area (TPSA) is 97.0 Å². The number of rotatable bonds is 5. The molecule has 1 atom stereocenters. The Bertz CT molecular complexity index is 1290. The van der Waals surface area contributed by atoms with Crippen LogP contribution >= 0.6 is 0 Å². The highest BCUT2D eigenvalue weighted by atomic mass is 16.6. The van der Waals surface area contributed by atoms with E-state index >= 15 is 0 Å². The Balaban J connectivity index is 1.30. The Morgan fingerprint density at radius 1 is 1.14 bits per heavy atom. The second kappa shape index (κ2) is 9.46. The fourth-order valence-electron chi connectivity index (χ4n) is 4.78. The van der Waals surface area contributed by atoms with E-state index in [-0.39, 0.29) is 11.9 Å². The second-order valence-corrected chi connectivity index (χ2v) is 10.3. The number of carbonyl (C=O) groups is 2. The molecule has 9 nitrogen and oxygen atoms in total. The largest absolute Gasteiger partial charge is 0.496 e. The average molecular weight is 493 g/mol. The molecule has 190 valence electrons. The third-order valence-electron chi connectivity index (χ3n) is 6.59. The molecular weight excluding hydrogens is 460 g/mol. The number of piperazine rings is 1. The van der Waals surface area contributed by atoms with Crippen LogP contribution in [0.2, 0.25) is 0 Å². The van der Waals surface area contributed by atoms with E-state index in [0.717, 1.165) is 22.2 Å². The Labute approximate surface area is 210 Å². The third-order valence-corrected chi connectivity index (χ3v) is 6.59. The van der Waals surface area contributed by atoms with Crippen molar-refractivity contribution >= 4 is 22.8 Å². The number of aromatic nitrogens is 2. The van der Waals surface area contributed by atoms with Crippen molar-refractivity contribution in [2.45, 2.75) is 45.4 Å². The zero-order valence-electron chi connectivity index (χ0n) is 21.2. The first-order valence-electron chi connectivity index (χ1n) is 12.3. The molecule has 2 aromatic carbocycles. The van der Waals surface area contributed by atoms with Gasteiger partial charge in [0.05, 0.1) is 23.8 Å².